The molecule has 1 aromatic rings. The fraction of sp³-hybridized carbons (Fsp3) is 0.500. The summed E-state index contributed by atoms with van der Waals surface area (Å²) >= 11 is 0. The van der Waals surface area contributed by atoms with Gasteiger partial charge in [-0.3, -0.25) is 4.21 Å². The van der Waals surface area contributed by atoms with Crippen molar-refractivity contribution < 1.29 is 8.95 Å². The molecule has 0 saturated heterocycles. The first-order valence-corrected chi connectivity index (χ1v) is 6.90. The summed E-state index contributed by atoms with van der Waals surface area (Å²) in [4.78, 5) is 0. The molecule has 0 heterocycles. The van der Waals surface area contributed by atoms with Gasteiger partial charge in [-0.15, -0.1) is 0 Å². The first-order valence-electron chi connectivity index (χ1n) is 5.42. The monoisotopic (exact) mass is 241 g/mol. The lowest BCUT2D eigenvalue weighted by atomic mass is 10.3. The second-order valence-corrected chi connectivity index (χ2v) is 5.71. The van der Waals surface area contributed by atoms with Crippen LogP contribution < -0.4 is 10.5 Å². The molecule has 4 heteroatoms. The van der Waals surface area contributed by atoms with Crippen LogP contribution in [-0.2, 0) is 10.8 Å². The Hall–Kier alpha value is -1.03. The third-order valence-corrected chi connectivity index (χ3v) is 3.67. The summed E-state index contributed by atoms with van der Waals surface area (Å²) in [7, 11) is -0.796. The zero-order chi connectivity index (χ0) is 12.0. The molecule has 0 radical (unpaired) electrons. The van der Waals surface area contributed by atoms with Crippen molar-refractivity contribution in [2.75, 3.05) is 23.8 Å². The van der Waals surface area contributed by atoms with Crippen LogP contribution in [0, 0.1) is 5.92 Å². The standard InChI is InChI=1S/C12H19NO2S/c1-10(2)9-16(14)8-7-15-12-6-4-3-5-11(12)13/h3-6,10H,7-9,13H2,1-2H3. The molecule has 0 aliphatic rings. The summed E-state index contributed by atoms with van der Waals surface area (Å²) in [5.74, 6) is 2.42. The molecule has 1 atom stereocenters. The molecule has 1 unspecified atom stereocenters. The van der Waals surface area contributed by atoms with Crippen molar-refractivity contribution >= 4 is 16.5 Å². The first-order chi connectivity index (χ1) is 7.59. The zero-order valence-electron chi connectivity index (χ0n) is 9.81. The van der Waals surface area contributed by atoms with Crippen LogP contribution >= 0.6 is 0 Å². The van der Waals surface area contributed by atoms with Gasteiger partial charge in [-0.2, -0.15) is 0 Å². The highest BCUT2D eigenvalue weighted by Crippen LogP contribution is 2.19. The second kappa shape index (κ2) is 6.53. The van der Waals surface area contributed by atoms with E-state index in [4.69, 9.17) is 10.5 Å². The third-order valence-electron chi connectivity index (χ3n) is 2.01. The van der Waals surface area contributed by atoms with E-state index in [1.165, 1.54) is 0 Å². The molecular weight excluding hydrogens is 222 g/mol. The van der Waals surface area contributed by atoms with Gasteiger partial charge in [0.2, 0.25) is 0 Å². The van der Waals surface area contributed by atoms with Gasteiger partial charge in [-0.25, -0.2) is 0 Å². The zero-order valence-corrected chi connectivity index (χ0v) is 10.6. The number of benzene rings is 1. The molecule has 1 aromatic carbocycles. The molecule has 2 N–H and O–H groups in total. The minimum atomic E-state index is -0.796. The summed E-state index contributed by atoms with van der Waals surface area (Å²) in [5, 5.41) is 0. The maximum Gasteiger partial charge on any atom is 0.142 e. The van der Waals surface area contributed by atoms with Gasteiger partial charge in [-0.1, -0.05) is 26.0 Å². The maximum atomic E-state index is 11.5. The minimum absolute atomic E-state index is 0.452. The second-order valence-electron chi connectivity index (χ2n) is 4.09. The van der Waals surface area contributed by atoms with Crippen molar-refractivity contribution in [2.24, 2.45) is 5.92 Å². The summed E-state index contributed by atoms with van der Waals surface area (Å²) in [5.41, 5.74) is 6.34. The van der Waals surface area contributed by atoms with Crippen LogP contribution in [0.1, 0.15) is 13.8 Å². The van der Waals surface area contributed by atoms with E-state index in [1.807, 2.05) is 18.2 Å². The van der Waals surface area contributed by atoms with Crippen molar-refractivity contribution in [2.45, 2.75) is 13.8 Å². The highest BCUT2D eigenvalue weighted by Gasteiger charge is 2.04. The first kappa shape index (κ1) is 13.0. The number of nitrogen functional groups attached to an aromatic ring is 1. The Morgan fingerprint density at radius 1 is 1.38 bits per heavy atom. The maximum absolute atomic E-state index is 11.5. The van der Waals surface area contributed by atoms with Crippen molar-refractivity contribution in [3.8, 4) is 5.75 Å². The van der Waals surface area contributed by atoms with Gasteiger partial charge in [0.1, 0.15) is 5.75 Å². The average molecular weight is 241 g/mol. The molecule has 0 bridgehead atoms. The number of hydrogen-bond acceptors (Lipinski definition) is 3. The lowest BCUT2D eigenvalue weighted by molar-refractivity contribution is 0.344. The molecule has 1 rings (SSSR count). The molecule has 3 nitrogen and oxygen atoms in total. The van der Waals surface area contributed by atoms with E-state index in [-0.39, 0.29) is 0 Å². The van der Waals surface area contributed by atoms with Gasteiger partial charge in [-0.05, 0) is 18.1 Å². The highest BCUT2D eigenvalue weighted by atomic mass is 32.2. The molecule has 0 aliphatic heterocycles. The number of nitrogens with two attached hydrogens (primary N) is 1. The van der Waals surface area contributed by atoms with Gasteiger partial charge in [0.05, 0.1) is 18.0 Å². The number of para-hydroxylation sites is 2. The largest absolute Gasteiger partial charge is 0.490 e. The van der Waals surface area contributed by atoms with Crippen molar-refractivity contribution in [1.29, 1.82) is 0 Å². The molecular formula is C12H19NO2S. The quantitative estimate of drug-likeness (QED) is 0.776. The Labute approximate surface area is 99.4 Å². The lowest BCUT2D eigenvalue weighted by Crippen LogP contribution is -2.14. The minimum Gasteiger partial charge on any atom is -0.490 e. The fourth-order valence-electron chi connectivity index (χ4n) is 1.31. The average Bonchev–Trinajstić information content (AvgIpc) is 2.19. The molecule has 0 spiro atoms. The Morgan fingerprint density at radius 2 is 2.06 bits per heavy atom. The van der Waals surface area contributed by atoms with Crippen LogP contribution in [0.15, 0.2) is 24.3 Å². The van der Waals surface area contributed by atoms with Crippen LogP contribution in [-0.4, -0.2) is 22.3 Å². The predicted octanol–water partition coefficient (Wildman–Crippen LogP) is 2.05. The summed E-state index contributed by atoms with van der Waals surface area (Å²) in [6.45, 7) is 4.58. The lowest BCUT2D eigenvalue weighted by Gasteiger charge is -2.09. The van der Waals surface area contributed by atoms with Gasteiger partial charge in [0, 0.05) is 16.6 Å². The molecule has 0 fully saturated rings. The molecule has 0 amide bonds. The molecule has 0 saturated carbocycles. The Morgan fingerprint density at radius 3 is 2.69 bits per heavy atom. The number of hydrogen-bond donors (Lipinski definition) is 1. The Bertz CT molecular complexity index is 353. The molecule has 0 aliphatic carbocycles. The number of anilines is 1. The molecule has 0 aromatic heterocycles. The van der Waals surface area contributed by atoms with Crippen LogP contribution in [0.5, 0.6) is 5.75 Å². The Kier molecular flexibility index (Phi) is 5.32. The smallest absolute Gasteiger partial charge is 0.142 e. The van der Waals surface area contributed by atoms with E-state index in [2.05, 4.69) is 13.8 Å². The SMILES string of the molecule is CC(C)CS(=O)CCOc1ccccc1N. The summed E-state index contributed by atoms with van der Waals surface area (Å²) < 4.78 is 17.0. The normalized spacial score (nSPS) is 12.7. The van der Waals surface area contributed by atoms with Crippen LogP contribution in [0.3, 0.4) is 0 Å². The highest BCUT2D eigenvalue weighted by molar-refractivity contribution is 7.85. The molecule has 90 valence electrons. The number of ether oxygens (including phenoxy) is 1. The Balaban J connectivity index is 2.31. The van der Waals surface area contributed by atoms with Crippen molar-refractivity contribution in [3.05, 3.63) is 24.3 Å². The number of rotatable bonds is 6. The van der Waals surface area contributed by atoms with E-state index >= 15 is 0 Å². The molecule has 16 heavy (non-hydrogen) atoms. The summed E-state index contributed by atoms with van der Waals surface area (Å²) in [6, 6.07) is 7.34. The van der Waals surface area contributed by atoms with Gasteiger partial charge in [0.15, 0.2) is 0 Å². The fourth-order valence-corrected chi connectivity index (χ4v) is 2.49. The van der Waals surface area contributed by atoms with Crippen LogP contribution in [0.4, 0.5) is 5.69 Å². The van der Waals surface area contributed by atoms with E-state index in [0.29, 0.717) is 29.7 Å². The van der Waals surface area contributed by atoms with Crippen molar-refractivity contribution in [3.63, 3.8) is 0 Å². The van der Waals surface area contributed by atoms with Crippen LogP contribution in [0.2, 0.25) is 0 Å². The summed E-state index contributed by atoms with van der Waals surface area (Å²) in [6.07, 6.45) is 0. The third kappa shape index (κ3) is 4.66. The van der Waals surface area contributed by atoms with Gasteiger partial charge < -0.3 is 10.5 Å². The van der Waals surface area contributed by atoms with E-state index in [9.17, 15) is 4.21 Å². The van der Waals surface area contributed by atoms with E-state index in [1.54, 1.807) is 6.07 Å². The van der Waals surface area contributed by atoms with E-state index < -0.39 is 10.8 Å². The predicted molar refractivity (Wildman–Crippen MR) is 69.1 cm³/mol. The van der Waals surface area contributed by atoms with Gasteiger partial charge in [0.25, 0.3) is 0 Å². The van der Waals surface area contributed by atoms with Crippen LogP contribution in [0.25, 0.3) is 0 Å². The van der Waals surface area contributed by atoms with Crippen molar-refractivity contribution in [1.82, 2.24) is 0 Å². The topological polar surface area (TPSA) is 52.3 Å². The van der Waals surface area contributed by atoms with Gasteiger partial charge >= 0.3 is 0 Å². The van der Waals surface area contributed by atoms with E-state index in [0.717, 1.165) is 5.75 Å².